The van der Waals surface area contributed by atoms with Crippen molar-refractivity contribution in [3.8, 4) is 11.4 Å². The van der Waals surface area contributed by atoms with Gasteiger partial charge in [0.2, 0.25) is 0 Å². The highest BCUT2D eigenvalue weighted by Crippen LogP contribution is 2.37. The maximum atomic E-state index is 12.8. The molecule has 4 rings (SSSR count). The molecule has 3 aromatic carbocycles. The van der Waals surface area contributed by atoms with Crippen molar-refractivity contribution in [2.75, 3.05) is 11.1 Å². The van der Waals surface area contributed by atoms with Crippen LogP contribution in [-0.2, 0) is 0 Å². The number of nitrogens with two attached hydrogens (primary N) is 1. The Kier molecular flexibility index (Phi) is 6.21. The number of rotatable bonds is 5. The quantitative estimate of drug-likeness (QED) is 0.362. The summed E-state index contributed by atoms with van der Waals surface area (Å²) in [6, 6.07) is 24.2. The van der Waals surface area contributed by atoms with Crippen LogP contribution in [0, 0.1) is 6.92 Å². The molecule has 0 aliphatic heterocycles. The van der Waals surface area contributed by atoms with E-state index in [4.69, 9.17) is 22.3 Å². The van der Waals surface area contributed by atoms with E-state index >= 15 is 0 Å². The van der Waals surface area contributed by atoms with Crippen LogP contribution in [0.1, 0.15) is 15.9 Å². The third kappa shape index (κ3) is 5.05. The molecule has 3 N–H and O–H groups in total. The molecule has 5 nitrogen and oxygen atoms in total. The molecular weight excluding hydrogens is 428 g/mol. The zero-order chi connectivity index (χ0) is 21.8. The summed E-state index contributed by atoms with van der Waals surface area (Å²) in [5, 5.41) is 4.07. The Morgan fingerprint density at radius 3 is 2.29 bits per heavy atom. The molecule has 0 bridgehead atoms. The Bertz CT molecular complexity index is 1210. The first-order valence-electron chi connectivity index (χ1n) is 9.54. The number of amides is 1. The molecule has 0 radical (unpaired) electrons. The smallest absolute Gasteiger partial charge is 0.255 e. The van der Waals surface area contributed by atoms with Crippen molar-refractivity contribution in [1.82, 2.24) is 9.97 Å². The van der Waals surface area contributed by atoms with Gasteiger partial charge in [0.25, 0.3) is 5.91 Å². The van der Waals surface area contributed by atoms with Crippen LogP contribution in [0.15, 0.2) is 88.8 Å². The summed E-state index contributed by atoms with van der Waals surface area (Å²) in [6.45, 7) is 2.02. The van der Waals surface area contributed by atoms with Gasteiger partial charge in [-0.25, -0.2) is 9.97 Å². The average Bonchev–Trinajstić information content (AvgIpc) is 2.78. The van der Waals surface area contributed by atoms with Gasteiger partial charge in [-0.2, -0.15) is 0 Å². The Morgan fingerprint density at radius 2 is 1.61 bits per heavy atom. The number of benzene rings is 3. The number of hydrogen-bond donors (Lipinski definition) is 2. The predicted octanol–water partition coefficient (Wildman–Crippen LogP) is 6.09. The van der Waals surface area contributed by atoms with Gasteiger partial charge in [-0.15, -0.1) is 0 Å². The predicted molar refractivity (Wildman–Crippen MR) is 127 cm³/mol. The van der Waals surface area contributed by atoms with Gasteiger partial charge < -0.3 is 11.1 Å². The maximum Gasteiger partial charge on any atom is 0.255 e. The minimum atomic E-state index is -0.281. The Morgan fingerprint density at radius 1 is 0.935 bits per heavy atom. The summed E-state index contributed by atoms with van der Waals surface area (Å²) in [7, 11) is 0. The number of halogens is 1. The first kappa shape index (κ1) is 20.9. The number of aryl methyl sites for hydroxylation is 1. The van der Waals surface area contributed by atoms with E-state index in [-0.39, 0.29) is 11.7 Å². The highest BCUT2D eigenvalue weighted by atomic mass is 35.5. The van der Waals surface area contributed by atoms with E-state index in [1.807, 2.05) is 49.4 Å². The van der Waals surface area contributed by atoms with Crippen LogP contribution in [0.4, 0.5) is 11.5 Å². The Labute approximate surface area is 189 Å². The number of anilines is 2. The molecule has 7 heteroatoms. The number of aromatic nitrogens is 2. The summed E-state index contributed by atoms with van der Waals surface area (Å²) in [5.74, 6) is 0.412. The minimum Gasteiger partial charge on any atom is -0.382 e. The summed E-state index contributed by atoms with van der Waals surface area (Å²) >= 11 is 7.40. The minimum absolute atomic E-state index is 0.200. The first-order valence-corrected chi connectivity index (χ1v) is 10.7. The lowest BCUT2D eigenvalue weighted by atomic mass is 10.1. The number of carbonyl (C=O) groups is 1. The van der Waals surface area contributed by atoms with Crippen LogP contribution in [0.2, 0.25) is 5.02 Å². The van der Waals surface area contributed by atoms with E-state index < -0.39 is 0 Å². The molecule has 0 fully saturated rings. The van der Waals surface area contributed by atoms with Crippen molar-refractivity contribution in [3.63, 3.8) is 0 Å². The lowest BCUT2D eigenvalue weighted by molar-refractivity contribution is 0.102. The van der Waals surface area contributed by atoms with Gasteiger partial charge in [-0.1, -0.05) is 71.4 Å². The van der Waals surface area contributed by atoms with Crippen molar-refractivity contribution in [2.45, 2.75) is 16.8 Å². The number of carbonyl (C=O) groups excluding carboxylic acids is 1. The van der Waals surface area contributed by atoms with Crippen molar-refractivity contribution >= 4 is 40.8 Å². The van der Waals surface area contributed by atoms with Gasteiger partial charge in [-0.3, -0.25) is 4.79 Å². The number of nitrogen functional groups attached to an aromatic ring is 1. The van der Waals surface area contributed by atoms with E-state index in [1.165, 1.54) is 11.8 Å². The van der Waals surface area contributed by atoms with Crippen molar-refractivity contribution in [2.24, 2.45) is 0 Å². The monoisotopic (exact) mass is 446 g/mol. The van der Waals surface area contributed by atoms with Crippen LogP contribution >= 0.6 is 23.4 Å². The number of nitrogens with one attached hydrogen (secondary N) is 1. The van der Waals surface area contributed by atoms with E-state index in [2.05, 4.69) is 10.3 Å². The highest BCUT2D eigenvalue weighted by molar-refractivity contribution is 7.99. The average molecular weight is 447 g/mol. The lowest BCUT2D eigenvalue weighted by Crippen LogP contribution is -2.15. The maximum absolute atomic E-state index is 12.8. The fourth-order valence-electron chi connectivity index (χ4n) is 2.87. The third-order valence-electron chi connectivity index (χ3n) is 4.52. The van der Waals surface area contributed by atoms with E-state index in [9.17, 15) is 4.79 Å². The molecule has 154 valence electrons. The molecule has 0 unspecified atom stereocenters. The highest BCUT2D eigenvalue weighted by Gasteiger charge is 2.18. The van der Waals surface area contributed by atoms with Gasteiger partial charge in [0.1, 0.15) is 10.7 Å². The van der Waals surface area contributed by atoms with Crippen molar-refractivity contribution < 1.29 is 4.79 Å². The third-order valence-corrected chi connectivity index (χ3v) is 5.76. The second-order valence-electron chi connectivity index (χ2n) is 6.85. The normalized spacial score (nSPS) is 10.6. The molecule has 31 heavy (non-hydrogen) atoms. The Balaban J connectivity index is 1.75. The van der Waals surface area contributed by atoms with E-state index in [1.54, 1.807) is 36.4 Å². The molecule has 0 saturated heterocycles. The summed E-state index contributed by atoms with van der Waals surface area (Å²) in [4.78, 5) is 22.8. The molecule has 1 aromatic heterocycles. The number of hydrogen-bond acceptors (Lipinski definition) is 5. The van der Waals surface area contributed by atoms with Gasteiger partial charge in [0.15, 0.2) is 11.6 Å². The van der Waals surface area contributed by atoms with E-state index in [0.29, 0.717) is 27.1 Å². The summed E-state index contributed by atoms with van der Waals surface area (Å²) < 4.78 is 0. The summed E-state index contributed by atoms with van der Waals surface area (Å²) in [5.41, 5.74) is 9.17. The molecule has 4 aromatic rings. The zero-order valence-electron chi connectivity index (χ0n) is 16.7. The second-order valence-corrected chi connectivity index (χ2v) is 8.35. The van der Waals surface area contributed by atoms with Crippen LogP contribution in [0.3, 0.4) is 0 Å². The second kappa shape index (κ2) is 9.20. The van der Waals surface area contributed by atoms with Crippen LogP contribution in [0.5, 0.6) is 0 Å². The molecule has 1 heterocycles. The fraction of sp³-hybridized carbons (Fsp3) is 0.0417. The lowest BCUT2D eigenvalue weighted by Gasteiger charge is -2.14. The van der Waals surface area contributed by atoms with Gasteiger partial charge in [0.05, 0.1) is 0 Å². The Hall–Kier alpha value is -3.35. The van der Waals surface area contributed by atoms with Gasteiger partial charge >= 0.3 is 0 Å². The van der Waals surface area contributed by atoms with Gasteiger partial charge in [0, 0.05) is 21.0 Å². The van der Waals surface area contributed by atoms with Crippen molar-refractivity contribution in [1.29, 1.82) is 0 Å². The van der Waals surface area contributed by atoms with Crippen LogP contribution in [-0.4, -0.2) is 15.9 Å². The largest absolute Gasteiger partial charge is 0.382 e. The molecule has 1 amide bonds. The van der Waals surface area contributed by atoms with Crippen molar-refractivity contribution in [3.05, 3.63) is 95.0 Å². The van der Waals surface area contributed by atoms with Crippen LogP contribution in [0.25, 0.3) is 11.4 Å². The standard InChI is InChI=1S/C24H19ClN4OS/c1-15-7-9-16(10-8-15)22-28-21(26)20(27-23(30)17-5-3-2-4-6-17)24(29-22)31-19-13-11-18(25)12-14-19/h2-14H,1H3,(H,27,30)(H2,26,28,29). The SMILES string of the molecule is Cc1ccc(-c2nc(N)c(NC(=O)c3ccccc3)c(Sc3ccc(Cl)cc3)n2)cc1. The number of nitrogens with zero attached hydrogens (tertiary/aromatic N) is 2. The molecule has 0 aliphatic carbocycles. The topological polar surface area (TPSA) is 80.9 Å². The zero-order valence-corrected chi connectivity index (χ0v) is 18.2. The van der Waals surface area contributed by atoms with E-state index in [0.717, 1.165) is 16.0 Å². The molecule has 0 spiro atoms. The summed E-state index contributed by atoms with van der Waals surface area (Å²) in [6.07, 6.45) is 0. The van der Waals surface area contributed by atoms with Gasteiger partial charge in [-0.05, 0) is 43.3 Å². The molecule has 0 atom stereocenters. The first-order chi connectivity index (χ1) is 15.0. The fourth-order valence-corrected chi connectivity index (χ4v) is 3.88. The molecule has 0 aliphatic rings. The van der Waals surface area contributed by atoms with Crippen LogP contribution < -0.4 is 11.1 Å². The molecular formula is C24H19ClN4OS. The molecule has 0 saturated carbocycles.